The maximum atomic E-state index is 8.36. The van der Waals surface area contributed by atoms with Gasteiger partial charge in [0.05, 0.1) is 28.8 Å². The number of aryl methyl sites for hydroxylation is 4. The van der Waals surface area contributed by atoms with E-state index in [2.05, 4.69) is 180 Å². The summed E-state index contributed by atoms with van der Waals surface area (Å²) >= 11 is 0. The zero-order chi connectivity index (χ0) is 42.0. The SMILES string of the molecule is Cc1ccc(-c2c3nc(c(-c4ccc(C)cc4)c4ccc([n-]4)c(-c4ccc(C)cc4)c4nc(c(-c5ccc(C)cc5)c5ccc2[n-]5)C=C4)C=C3)cc1.[CH2-]c1ccc(C#N)cc1.[Rh+3]. The smallest absolute Gasteiger partial charge is 0.657 e. The van der Waals surface area contributed by atoms with E-state index < -0.39 is 0 Å². The zero-order valence-corrected chi connectivity index (χ0v) is 36.6. The van der Waals surface area contributed by atoms with E-state index in [4.69, 9.17) is 25.2 Å². The fraction of sp³-hybridized carbons (Fsp3) is 0.0714. The van der Waals surface area contributed by atoms with Crippen molar-refractivity contribution in [2.75, 3.05) is 0 Å². The van der Waals surface area contributed by atoms with Crippen molar-refractivity contribution in [2.24, 2.45) is 0 Å². The van der Waals surface area contributed by atoms with E-state index in [0.29, 0.717) is 5.56 Å². The number of hydrogen-bond acceptors (Lipinski definition) is 3. The number of hydrogen-bond donors (Lipinski definition) is 0. The van der Waals surface area contributed by atoms with E-state index in [9.17, 15) is 0 Å². The molecule has 0 saturated heterocycles. The molecule has 0 fully saturated rings. The molecule has 0 N–H and O–H groups in total. The van der Waals surface area contributed by atoms with Gasteiger partial charge in [-0.25, -0.2) is 9.97 Å². The van der Waals surface area contributed by atoms with Crippen molar-refractivity contribution in [3.63, 3.8) is 0 Å². The molecular formula is C56H42N5Rh. The molecule has 2 aliphatic rings. The van der Waals surface area contributed by atoms with Crippen molar-refractivity contribution in [1.82, 2.24) is 19.9 Å². The molecule has 5 nitrogen and oxygen atoms in total. The van der Waals surface area contributed by atoms with Crippen LogP contribution in [0.15, 0.2) is 146 Å². The first-order chi connectivity index (χ1) is 29.7. The first-order valence-electron chi connectivity index (χ1n) is 20.4. The Morgan fingerprint density at radius 3 is 0.887 bits per heavy atom. The number of nitriles is 1. The Labute approximate surface area is 376 Å². The summed E-state index contributed by atoms with van der Waals surface area (Å²) < 4.78 is 0. The average molecular weight is 888 g/mol. The Bertz CT molecular complexity index is 2820. The summed E-state index contributed by atoms with van der Waals surface area (Å²) in [4.78, 5) is 21.5. The van der Waals surface area contributed by atoms with Crippen LogP contribution in [-0.4, -0.2) is 9.97 Å². The fourth-order valence-electron chi connectivity index (χ4n) is 7.73. The zero-order valence-electron chi connectivity index (χ0n) is 34.9. The van der Waals surface area contributed by atoms with Gasteiger partial charge in [0.1, 0.15) is 0 Å². The Morgan fingerprint density at radius 1 is 0.387 bits per heavy atom. The summed E-state index contributed by atoms with van der Waals surface area (Å²) in [6.07, 6.45) is 8.48. The van der Waals surface area contributed by atoms with E-state index in [1.807, 2.05) is 18.2 Å². The van der Waals surface area contributed by atoms with Gasteiger partial charge in [-0.2, -0.15) is 29.9 Å². The second-order valence-corrected chi connectivity index (χ2v) is 15.6. The van der Waals surface area contributed by atoms with Crippen LogP contribution in [0, 0.1) is 45.9 Å². The largest absolute Gasteiger partial charge is 3.00 e. The molecule has 0 atom stereocenters. The molecule has 2 aliphatic heterocycles. The molecule has 0 aliphatic carbocycles. The van der Waals surface area contributed by atoms with Crippen molar-refractivity contribution in [3.8, 4) is 50.6 Å². The van der Waals surface area contributed by atoms with Crippen LogP contribution < -0.4 is 9.97 Å². The number of benzene rings is 5. The maximum absolute atomic E-state index is 8.36. The molecule has 3 aromatic heterocycles. The predicted octanol–water partition coefficient (Wildman–Crippen LogP) is 13.6. The minimum absolute atomic E-state index is 0. The van der Waals surface area contributed by atoms with Gasteiger partial charge >= 0.3 is 19.5 Å². The summed E-state index contributed by atoms with van der Waals surface area (Å²) in [6.45, 7) is 12.1. The third-order valence-corrected chi connectivity index (χ3v) is 11.1. The van der Waals surface area contributed by atoms with Crippen molar-refractivity contribution in [3.05, 3.63) is 209 Å². The summed E-state index contributed by atoms with van der Waals surface area (Å²) in [6, 6.07) is 52.2. The van der Waals surface area contributed by atoms with Crippen LogP contribution in [0.1, 0.15) is 56.2 Å². The normalized spacial score (nSPS) is 11.3. The van der Waals surface area contributed by atoms with Gasteiger partial charge in [-0.05, 0) is 96.5 Å². The van der Waals surface area contributed by atoms with Crippen LogP contribution in [-0.2, 0) is 19.5 Å². The Hall–Kier alpha value is -7.32. The molecule has 0 amide bonds. The molecule has 6 heteroatoms. The van der Waals surface area contributed by atoms with Crippen LogP contribution in [0.3, 0.4) is 0 Å². The minimum Gasteiger partial charge on any atom is -0.657 e. The molecule has 5 aromatic carbocycles. The van der Waals surface area contributed by atoms with E-state index in [1.165, 1.54) is 22.3 Å². The number of nitrogens with zero attached hydrogens (tertiary/aromatic N) is 5. The average Bonchev–Trinajstić information content (AvgIpc) is 4.12. The number of rotatable bonds is 4. The van der Waals surface area contributed by atoms with E-state index in [-0.39, 0.29) is 19.5 Å². The van der Waals surface area contributed by atoms with Crippen LogP contribution in [0.5, 0.6) is 0 Å². The van der Waals surface area contributed by atoms with Gasteiger partial charge in [0.15, 0.2) is 0 Å². The third-order valence-electron chi connectivity index (χ3n) is 11.1. The standard InChI is InChI=1S/C48H36N4.C8H6N.Rh/c1-29-5-13-33(14-6-29)45-37-21-23-39(49-37)46(34-15-7-30(2)8-16-34)41-25-27-43(51-41)48(36-19-11-32(4)12-20-36)44-28-26-42(52-44)47(40-24-22-38(45)50-40)35-17-9-31(3)10-18-35;1-7-2-4-8(6-9)5-3-7;/h5-28H,1-4H3;2-5H,1H2;/q-2;-1;+3. The molecular weight excluding hydrogens is 846 g/mol. The third kappa shape index (κ3) is 8.50. The first-order valence-corrected chi connectivity index (χ1v) is 20.4. The van der Waals surface area contributed by atoms with Crippen molar-refractivity contribution in [1.29, 1.82) is 5.26 Å². The van der Waals surface area contributed by atoms with E-state index in [1.54, 1.807) is 12.1 Å². The second kappa shape index (κ2) is 17.7. The predicted molar refractivity (Wildman–Crippen MR) is 253 cm³/mol. The number of fused-ring (bicyclic) bond motifs is 8. The monoisotopic (exact) mass is 887 g/mol. The Morgan fingerprint density at radius 2 is 0.645 bits per heavy atom. The topological polar surface area (TPSA) is 77.8 Å². The summed E-state index contributed by atoms with van der Waals surface area (Å²) in [5, 5.41) is 8.36. The quantitative estimate of drug-likeness (QED) is 0.130. The van der Waals surface area contributed by atoms with Gasteiger partial charge in [-0.1, -0.05) is 144 Å². The molecule has 0 spiro atoms. The van der Waals surface area contributed by atoms with Crippen LogP contribution >= 0.6 is 0 Å². The molecule has 10 rings (SSSR count). The van der Waals surface area contributed by atoms with E-state index in [0.717, 1.165) is 94.9 Å². The molecule has 300 valence electrons. The first kappa shape index (κ1) is 41.4. The molecule has 0 unspecified atom stereocenters. The van der Waals surface area contributed by atoms with Crippen molar-refractivity contribution < 1.29 is 19.5 Å². The maximum Gasteiger partial charge on any atom is 3.00 e. The van der Waals surface area contributed by atoms with Gasteiger partial charge in [0.2, 0.25) is 0 Å². The van der Waals surface area contributed by atoms with Crippen molar-refractivity contribution >= 4 is 46.4 Å². The van der Waals surface area contributed by atoms with Gasteiger partial charge < -0.3 is 9.97 Å². The fourth-order valence-corrected chi connectivity index (χ4v) is 7.73. The molecule has 0 radical (unpaired) electrons. The Kier molecular flexibility index (Phi) is 11.8. The van der Waals surface area contributed by atoms with Gasteiger partial charge in [-0.3, -0.25) is 0 Å². The van der Waals surface area contributed by atoms with Crippen LogP contribution in [0.4, 0.5) is 0 Å². The minimum atomic E-state index is 0. The molecule has 8 bridgehead atoms. The molecule has 0 saturated carbocycles. The summed E-state index contributed by atoms with van der Waals surface area (Å²) in [5.41, 5.74) is 21.5. The van der Waals surface area contributed by atoms with E-state index >= 15 is 0 Å². The molecule has 62 heavy (non-hydrogen) atoms. The van der Waals surface area contributed by atoms with Crippen molar-refractivity contribution in [2.45, 2.75) is 27.7 Å². The van der Waals surface area contributed by atoms with Crippen LogP contribution in [0.2, 0.25) is 0 Å². The van der Waals surface area contributed by atoms with Gasteiger partial charge in [0, 0.05) is 5.56 Å². The Balaban J connectivity index is 0.000000473. The molecule has 5 heterocycles. The van der Waals surface area contributed by atoms with Crippen LogP contribution in [0.25, 0.3) is 90.9 Å². The number of aromatic nitrogens is 4. The summed E-state index contributed by atoms with van der Waals surface area (Å²) in [5.74, 6) is 0. The van der Waals surface area contributed by atoms with Gasteiger partial charge in [0.25, 0.3) is 0 Å². The second-order valence-electron chi connectivity index (χ2n) is 15.6. The van der Waals surface area contributed by atoms with Gasteiger partial charge in [-0.15, -0.1) is 34.2 Å². The summed E-state index contributed by atoms with van der Waals surface area (Å²) in [7, 11) is 0. The molecule has 8 aromatic rings.